The molecule has 0 bridgehead atoms. The van der Waals surface area contributed by atoms with E-state index >= 15 is 0 Å². The van der Waals surface area contributed by atoms with E-state index in [4.69, 9.17) is 0 Å². The van der Waals surface area contributed by atoms with E-state index in [0.717, 1.165) is 20.8 Å². The first-order valence-electron chi connectivity index (χ1n) is 8.01. The molecule has 1 N–H and O–H groups in total. The highest BCUT2D eigenvalue weighted by atomic mass is 32.1. The first-order valence-corrected chi connectivity index (χ1v) is 8.83. The van der Waals surface area contributed by atoms with Crippen LogP contribution in [0.1, 0.15) is 23.5 Å². The zero-order valence-corrected chi connectivity index (χ0v) is 15.4. The van der Waals surface area contributed by atoms with Crippen LogP contribution >= 0.6 is 11.3 Å². The highest BCUT2D eigenvalue weighted by molar-refractivity contribution is 7.18. The Balaban J connectivity index is 1.79. The van der Waals surface area contributed by atoms with Crippen LogP contribution in [-0.2, 0) is 0 Å². The van der Waals surface area contributed by atoms with E-state index in [1.165, 1.54) is 17.0 Å². The topological polar surface area (TPSA) is 88.4 Å². The molecule has 8 heteroatoms. The van der Waals surface area contributed by atoms with Crippen LogP contribution in [0.5, 0.6) is 0 Å². The molecule has 0 aliphatic rings. The minimum absolute atomic E-state index is 0.0622. The summed E-state index contributed by atoms with van der Waals surface area (Å²) in [5.74, 6) is 0. The Labute approximate surface area is 154 Å². The molecule has 3 rings (SSSR count). The lowest BCUT2D eigenvalue weighted by atomic mass is 10.2. The number of aryl methyl sites for hydroxylation is 1. The largest absolute Gasteiger partial charge is 0.322 e. The van der Waals surface area contributed by atoms with Crippen LogP contribution in [0, 0.1) is 17.0 Å². The molecule has 0 radical (unpaired) electrons. The summed E-state index contributed by atoms with van der Waals surface area (Å²) in [6.07, 6.45) is 0. The summed E-state index contributed by atoms with van der Waals surface area (Å²) in [5, 5.41) is 14.5. The molecule has 0 saturated carbocycles. The molecule has 2 aromatic carbocycles. The second kappa shape index (κ2) is 7.09. The number of aromatic nitrogens is 1. The predicted molar refractivity (Wildman–Crippen MR) is 103 cm³/mol. The molecule has 0 saturated heterocycles. The van der Waals surface area contributed by atoms with Crippen LogP contribution in [0.15, 0.2) is 42.5 Å². The van der Waals surface area contributed by atoms with Gasteiger partial charge in [-0.15, -0.1) is 11.3 Å². The lowest BCUT2D eigenvalue weighted by molar-refractivity contribution is -0.384. The van der Waals surface area contributed by atoms with Gasteiger partial charge in [-0.25, -0.2) is 9.78 Å². The predicted octanol–water partition coefficient (Wildman–Crippen LogP) is 4.74. The fourth-order valence-corrected chi connectivity index (χ4v) is 3.53. The van der Waals surface area contributed by atoms with Gasteiger partial charge in [0.15, 0.2) is 0 Å². The Hall–Kier alpha value is -3.00. The monoisotopic (exact) mass is 370 g/mol. The van der Waals surface area contributed by atoms with Crippen molar-refractivity contribution in [2.24, 2.45) is 0 Å². The lowest BCUT2D eigenvalue weighted by Gasteiger charge is -2.24. The van der Waals surface area contributed by atoms with E-state index < -0.39 is 4.92 Å². The second-order valence-electron chi connectivity index (χ2n) is 5.99. The smallest absolute Gasteiger partial charge is 0.318 e. The SMILES string of the molecule is Cc1ccc([N+](=O)[O-])cc1NC(=O)N(C)C(C)c1nc2ccccc2s1. The summed E-state index contributed by atoms with van der Waals surface area (Å²) < 4.78 is 1.07. The third-order valence-corrected chi connectivity index (χ3v) is 5.45. The number of carbonyl (C=O) groups excluding carboxylic acids is 1. The van der Waals surface area contributed by atoms with E-state index in [9.17, 15) is 14.9 Å². The minimum atomic E-state index is -0.484. The van der Waals surface area contributed by atoms with Crippen molar-refractivity contribution in [3.05, 3.63) is 63.1 Å². The number of amides is 2. The van der Waals surface area contributed by atoms with Gasteiger partial charge in [0.1, 0.15) is 5.01 Å². The first-order chi connectivity index (χ1) is 12.4. The molecule has 0 fully saturated rings. The van der Waals surface area contributed by atoms with Gasteiger partial charge in [-0.3, -0.25) is 10.1 Å². The number of urea groups is 1. The van der Waals surface area contributed by atoms with E-state index in [1.807, 2.05) is 31.2 Å². The van der Waals surface area contributed by atoms with Crippen molar-refractivity contribution in [2.75, 3.05) is 12.4 Å². The number of rotatable bonds is 4. The van der Waals surface area contributed by atoms with Gasteiger partial charge in [-0.05, 0) is 31.5 Å². The molecule has 0 spiro atoms. The maximum Gasteiger partial charge on any atom is 0.322 e. The zero-order valence-electron chi connectivity index (χ0n) is 14.6. The van der Waals surface area contributed by atoms with Crippen molar-refractivity contribution >= 4 is 39.0 Å². The standard InChI is InChI=1S/C18H18N4O3S/c1-11-8-9-13(22(24)25)10-15(11)20-18(23)21(3)12(2)17-19-14-6-4-5-7-16(14)26-17/h4-10,12H,1-3H3,(H,20,23). The minimum Gasteiger partial charge on any atom is -0.318 e. The molecule has 1 unspecified atom stereocenters. The van der Waals surface area contributed by atoms with Crippen LogP contribution in [-0.4, -0.2) is 27.9 Å². The Bertz CT molecular complexity index is 952. The van der Waals surface area contributed by atoms with E-state index in [0.29, 0.717) is 5.69 Å². The van der Waals surface area contributed by atoms with Crippen LogP contribution < -0.4 is 5.32 Å². The van der Waals surface area contributed by atoms with Crippen molar-refractivity contribution in [2.45, 2.75) is 19.9 Å². The normalized spacial score (nSPS) is 12.0. The fraction of sp³-hybridized carbons (Fsp3) is 0.222. The number of nitro benzene ring substituents is 1. The van der Waals surface area contributed by atoms with Crippen molar-refractivity contribution in [3.63, 3.8) is 0 Å². The van der Waals surface area contributed by atoms with Crippen LogP contribution in [0.25, 0.3) is 10.2 Å². The summed E-state index contributed by atoms with van der Waals surface area (Å²) in [4.78, 5) is 29.2. The zero-order chi connectivity index (χ0) is 18.8. The quantitative estimate of drug-likeness (QED) is 0.531. The Morgan fingerprint density at radius 3 is 2.73 bits per heavy atom. The Kier molecular flexibility index (Phi) is 4.85. The molecule has 2 amide bonds. The number of benzene rings is 2. The maximum atomic E-state index is 12.6. The molecular formula is C18H18N4O3S. The van der Waals surface area contributed by atoms with Gasteiger partial charge < -0.3 is 10.2 Å². The second-order valence-corrected chi connectivity index (χ2v) is 7.06. The summed E-state index contributed by atoms with van der Waals surface area (Å²) in [6.45, 7) is 3.69. The van der Waals surface area contributed by atoms with Gasteiger partial charge in [0.2, 0.25) is 0 Å². The van der Waals surface area contributed by atoms with Gasteiger partial charge in [-0.1, -0.05) is 18.2 Å². The fourth-order valence-electron chi connectivity index (χ4n) is 2.47. The summed E-state index contributed by atoms with van der Waals surface area (Å²) in [7, 11) is 1.68. The maximum absolute atomic E-state index is 12.6. The molecule has 1 atom stereocenters. The molecule has 7 nitrogen and oxygen atoms in total. The molecule has 1 heterocycles. The Morgan fingerprint density at radius 2 is 2.04 bits per heavy atom. The van der Waals surface area contributed by atoms with Crippen molar-refractivity contribution in [3.8, 4) is 0 Å². The number of para-hydroxylation sites is 1. The summed E-state index contributed by atoms with van der Waals surface area (Å²) in [6, 6.07) is 11.6. The molecule has 0 aliphatic carbocycles. The van der Waals surface area contributed by atoms with Gasteiger partial charge in [0, 0.05) is 19.2 Å². The molecular weight excluding hydrogens is 352 g/mol. The number of fused-ring (bicyclic) bond motifs is 1. The van der Waals surface area contributed by atoms with Crippen molar-refractivity contribution < 1.29 is 9.72 Å². The van der Waals surface area contributed by atoms with Crippen molar-refractivity contribution in [1.82, 2.24) is 9.88 Å². The number of hydrogen-bond acceptors (Lipinski definition) is 5. The number of anilines is 1. The average molecular weight is 370 g/mol. The molecule has 26 heavy (non-hydrogen) atoms. The highest BCUT2D eigenvalue weighted by Gasteiger charge is 2.21. The number of nitro groups is 1. The van der Waals surface area contributed by atoms with E-state index in [-0.39, 0.29) is 17.8 Å². The number of thiazole rings is 1. The third-order valence-electron chi connectivity index (χ3n) is 4.24. The lowest BCUT2D eigenvalue weighted by Crippen LogP contribution is -2.33. The van der Waals surface area contributed by atoms with Crippen molar-refractivity contribution in [1.29, 1.82) is 0 Å². The molecule has 3 aromatic rings. The Morgan fingerprint density at radius 1 is 1.31 bits per heavy atom. The van der Waals surface area contributed by atoms with Crippen LogP contribution in [0.4, 0.5) is 16.2 Å². The van der Waals surface area contributed by atoms with Gasteiger partial charge in [0.05, 0.1) is 26.9 Å². The van der Waals surface area contributed by atoms with Crippen LogP contribution in [0.2, 0.25) is 0 Å². The highest BCUT2D eigenvalue weighted by Crippen LogP contribution is 2.29. The number of nitrogens with zero attached hydrogens (tertiary/aromatic N) is 3. The average Bonchev–Trinajstić information content (AvgIpc) is 3.06. The molecule has 0 aliphatic heterocycles. The molecule has 1 aromatic heterocycles. The van der Waals surface area contributed by atoms with Gasteiger partial charge in [-0.2, -0.15) is 0 Å². The third kappa shape index (κ3) is 3.50. The first kappa shape index (κ1) is 17.8. The number of hydrogen-bond donors (Lipinski definition) is 1. The van der Waals surface area contributed by atoms with Gasteiger partial charge in [0.25, 0.3) is 5.69 Å². The molecule has 134 valence electrons. The number of nitrogens with one attached hydrogen (secondary N) is 1. The van der Waals surface area contributed by atoms with Crippen LogP contribution in [0.3, 0.4) is 0 Å². The number of non-ortho nitro benzene ring substituents is 1. The van der Waals surface area contributed by atoms with E-state index in [2.05, 4.69) is 10.3 Å². The van der Waals surface area contributed by atoms with E-state index in [1.54, 1.807) is 31.4 Å². The summed E-state index contributed by atoms with van der Waals surface area (Å²) in [5.41, 5.74) is 2.02. The number of carbonyl (C=O) groups is 1. The summed E-state index contributed by atoms with van der Waals surface area (Å²) >= 11 is 1.54. The van der Waals surface area contributed by atoms with Gasteiger partial charge >= 0.3 is 6.03 Å².